The van der Waals surface area contributed by atoms with Gasteiger partial charge in [-0.1, -0.05) is 30.3 Å². The highest BCUT2D eigenvalue weighted by molar-refractivity contribution is 5.87. The molecule has 41 heavy (non-hydrogen) atoms. The number of methoxy groups -OCH3 is 1. The minimum Gasteiger partial charge on any atom is -0.489 e. The molecule has 218 valence electrons. The average Bonchev–Trinajstić information content (AvgIpc) is 3.28. The summed E-state index contributed by atoms with van der Waals surface area (Å²) in [5.41, 5.74) is -1.80. The highest BCUT2D eigenvalue weighted by atomic mass is 19.4. The molecule has 2 aliphatic heterocycles. The molecule has 1 aromatic heterocycles. The van der Waals surface area contributed by atoms with Crippen molar-refractivity contribution < 1.29 is 41.7 Å². The Balaban J connectivity index is 1.51. The van der Waals surface area contributed by atoms with Crippen molar-refractivity contribution in [2.75, 3.05) is 13.7 Å². The zero-order valence-corrected chi connectivity index (χ0v) is 23.2. The van der Waals surface area contributed by atoms with Gasteiger partial charge < -0.3 is 18.9 Å². The number of hydrogen-bond acceptors (Lipinski definition) is 7. The number of pyridine rings is 1. The lowest BCUT2D eigenvalue weighted by atomic mass is 9.87. The van der Waals surface area contributed by atoms with Gasteiger partial charge in [0.2, 0.25) is 0 Å². The second-order valence-electron chi connectivity index (χ2n) is 11.4. The zero-order valence-electron chi connectivity index (χ0n) is 23.2. The number of rotatable bonds is 4. The highest BCUT2D eigenvalue weighted by Crippen LogP contribution is 2.48. The Morgan fingerprint density at radius 3 is 2.51 bits per heavy atom. The lowest BCUT2D eigenvalue weighted by molar-refractivity contribution is -0.146. The van der Waals surface area contributed by atoms with Gasteiger partial charge in [0.1, 0.15) is 29.6 Å². The molecule has 1 amide bonds. The number of aromatic nitrogens is 1. The van der Waals surface area contributed by atoms with E-state index in [9.17, 15) is 22.8 Å². The molecule has 11 heteroatoms. The molecule has 2 aromatic carbocycles. The summed E-state index contributed by atoms with van der Waals surface area (Å²) in [4.78, 5) is 30.8. The lowest BCUT2D eigenvalue weighted by Gasteiger charge is -2.37. The first-order chi connectivity index (χ1) is 19.3. The number of hydrogen-bond donors (Lipinski definition) is 0. The van der Waals surface area contributed by atoms with E-state index < -0.39 is 46.9 Å². The molecule has 3 heterocycles. The number of benzene rings is 2. The van der Waals surface area contributed by atoms with Crippen LogP contribution in [0, 0.1) is 0 Å². The smallest absolute Gasteiger partial charge is 0.437 e. The van der Waals surface area contributed by atoms with Crippen molar-refractivity contribution in [3.63, 3.8) is 0 Å². The molecule has 0 N–H and O–H groups in total. The van der Waals surface area contributed by atoms with Crippen LogP contribution in [-0.4, -0.2) is 52.8 Å². The van der Waals surface area contributed by atoms with Crippen LogP contribution in [0.1, 0.15) is 50.4 Å². The first kappa shape index (κ1) is 28.5. The minimum atomic E-state index is -4.80. The Kier molecular flexibility index (Phi) is 7.25. The predicted molar refractivity (Wildman–Crippen MR) is 143 cm³/mol. The molecule has 5 rings (SSSR count). The van der Waals surface area contributed by atoms with Crippen LogP contribution in [0.5, 0.6) is 11.5 Å². The van der Waals surface area contributed by atoms with E-state index in [0.29, 0.717) is 16.7 Å². The summed E-state index contributed by atoms with van der Waals surface area (Å²) in [5, 5.41) is 0.486. The van der Waals surface area contributed by atoms with Crippen molar-refractivity contribution in [3.8, 4) is 11.5 Å². The third kappa shape index (κ3) is 5.89. The maximum Gasteiger partial charge on any atom is 0.437 e. The van der Waals surface area contributed by atoms with Crippen LogP contribution in [0.15, 0.2) is 48.5 Å². The summed E-state index contributed by atoms with van der Waals surface area (Å²) in [5.74, 6) is -0.616. The van der Waals surface area contributed by atoms with Crippen molar-refractivity contribution in [1.82, 2.24) is 9.88 Å². The van der Waals surface area contributed by atoms with Gasteiger partial charge in [-0.05, 0) is 57.4 Å². The maximum absolute atomic E-state index is 14.3. The molecule has 2 atom stereocenters. The fourth-order valence-corrected chi connectivity index (χ4v) is 5.35. The minimum absolute atomic E-state index is 0.0477. The van der Waals surface area contributed by atoms with Crippen LogP contribution < -0.4 is 9.47 Å². The molecule has 0 radical (unpaired) electrons. The Labute approximate surface area is 235 Å². The third-order valence-corrected chi connectivity index (χ3v) is 7.18. The maximum atomic E-state index is 14.3. The first-order valence-electron chi connectivity index (χ1n) is 13.3. The number of carbonyl (C=O) groups is 2. The number of nitrogens with zero attached hydrogens (tertiary/aromatic N) is 2. The van der Waals surface area contributed by atoms with Crippen molar-refractivity contribution in [3.05, 3.63) is 65.4 Å². The lowest BCUT2D eigenvalue weighted by Crippen LogP contribution is -2.46. The molecule has 8 nitrogen and oxygen atoms in total. The quantitative estimate of drug-likeness (QED) is 0.350. The summed E-state index contributed by atoms with van der Waals surface area (Å²) < 4.78 is 65.3. The van der Waals surface area contributed by atoms with E-state index in [1.165, 1.54) is 18.1 Å². The Morgan fingerprint density at radius 2 is 1.85 bits per heavy atom. The van der Waals surface area contributed by atoms with E-state index in [4.69, 9.17) is 18.9 Å². The second-order valence-corrected chi connectivity index (χ2v) is 11.4. The van der Waals surface area contributed by atoms with E-state index in [0.717, 1.165) is 5.56 Å². The summed E-state index contributed by atoms with van der Waals surface area (Å²) in [6.45, 7) is 5.19. The number of fused-ring (bicyclic) bond motifs is 3. The first-order valence-corrected chi connectivity index (χ1v) is 13.3. The fourth-order valence-electron chi connectivity index (χ4n) is 5.35. The van der Waals surface area contributed by atoms with Gasteiger partial charge in [-0.25, -0.2) is 14.6 Å². The Morgan fingerprint density at radius 1 is 1.12 bits per heavy atom. The summed E-state index contributed by atoms with van der Waals surface area (Å²) in [7, 11) is 1.19. The largest absolute Gasteiger partial charge is 0.489 e. The third-order valence-electron chi connectivity index (χ3n) is 7.18. The molecule has 3 aromatic rings. The van der Waals surface area contributed by atoms with Crippen LogP contribution in [0.2, 0.25) is 0 Å². The molecule has 1 unspecified atom stereocenters. The predicted octanol–water partition coefficient (Wildman–Crippen LogP) is 6.08. The van der Waals surface area contributed by atoms with E-state index in [1.807, 2.05) is 30.3 Å². The van der Waals surface area contributed by atoms with Crippen LogP contribution >= 0.6 is 0 Å². The normalized spacial score (nSPS) is 20.5. The monoisotopic (exact) mass is 572 g/mol. The van der Waals surface area contributed by atoms with Gasteiger partial charge in [0.05, 0.1) is 19.2 Å². The number of amides is 1. The molecule has 1 saturated heterocycles. The molecular formula is C30H31F3N2O6. The van der Waals surface area contributed by atoms with Crippen LogP contribution in [-0.2, 0) is 33.5 Å². The number of likely N-dealkylation sites (tertiary alicyclic amines) is 1. The van der Waals surface area contributed by atoms with Gasteiger partial charge in [0.15, 0.2) is 11.4 Å². The van der Waals surface area contributed by atoms with Gasteiger partial charge in [-0.15, -0.1) is 0 Å². The second kappa shape index (κ2) is 10.4. The van der Waals surface area contributed by atoms with Crippen molar-refractivity contribution >= 4 is 23.0 Å². The molecule has 2 aliphatic rings. The number of carbonyl (C=O) groups excluding carboxylic acids is 2. The Hall–Kier alpha value is -4.02. The molecule has 1 spiro atoms. The number of halogens is 3. The number of esters is 1. The van der Waals surface area contributed by atoms with Crippen molar-refractivity contribution in [2.45, 2.75) is 70.1 Å². The molecule has 0 aliphatic carbocycles. The average molecular weight is 573 g/mol. The summed E-state index contributed by atoms with van der Waals surface area (Å²) in [6, 6.07) is 13.2. The van der Waals surface area contributed by atoms with E-state index in [1.54, 1.807) is 32.9 Å². The highest BCUT2D eigenvalue weighted by Gasteiger charge is 2.55. The van der Waals surface area contributed by atoms with E-state index in [2.05, 4.69) is 4.98 Å². The van der Waals surface area contributed by atoms with E-state index in [-0.39, 0.29) is 37.9 Å². The summed E-state index contributed by atoms with van der Waals surface area (Å²) in [6.07, 6.45) is -5.15. The van der Waals surface area contributed by atoms with Crippen molar-refractivity contribution in [2.24, 2.45) is 0 Å². The van der Waals surface area contributed by atoms with Gasteiger partial charge in [-0.2, -0.15) is 13.2 Å². The summed E-state index contributed by atoms with van der Waals surface area (Å²) >= 11 is 0. The van der Waals surface area contributed by atoms with Crippen LogP contribution in [0.3, 0.4) is 0 Å². The SMILES string of the molecule is COC(=O)[C@@H]1CC2(CCc3c(c(C(F)(F)F)nc4ccc(OCc5ccccc5)cc34)O2)CN1C(=O)OC(C)(C)C. The zero-order chi connectivity index (χ0) is 29.6. The molecular weight excluding hydrogens is 541 g/mol. The fraction of sp³-hybridized carbons (Fsp3) is 0.433. The molecule has 0 saturated carbocycles. The van der Waals surface area contributed by atoms with Crippen LogP contribution in [0.4, 0.5) is 18.0 Å². The standard InChI is InChI=1S/C30H31F3N2O6/c1-28(2,3)41-27(37)35-17-29(15-23(35)26(36)38-4)13-12-20-21-14-19(39-16-18-8-6-5-7-9-18)10-11-22(21)34-25(24(20)40-29)30(31,32)33/h5-11,14,23H,12-13,15-17H2,1-4H3/t23-,29?/m0/s1. The van der Waals surface area contributed by atoms with Gasteiger partial charge in [0.25, 0.3) is 0 Å². The van der Waals surface area contributed by atoms with Gasteiger partial charge >= 0.3 is 18.2 Å². The number of ether oxygens (including phenoxy) is 4. The number of aryl methyl sites for hydroxylation is 1. The Bertz CT molecular complexity index is 1470. The van der Waals surface area contributed by atoms with E-state index >= 15 is 0 Å². The number of alkyl halides is 3. The molecule has 1 fully saturated rings. The van der Waals surface area contributed by atoms with Crippen molar-refractivity contribution in [1.29, 1.82) is 0 Å². The topological polar surface area (TPSA) is 87.2 Å². The van der Waals surface area contributed by atoms with Gasteiger partial charge in [0, 0.05) is 17.4 Å². The van der Waals surface area contributed by atoms with Gasteiger partial charge in [-0.3, -0.25) is 4.90 Å². The molecule has 0 bridgehead atoms. The van der Waals surface area contributed by atoms with Crippen LogP contribution in [0.25, 0.3) is 10.9 Å².